The number of benzene rings is 2. The molecule has 0 fully saturated rings. The van der Waals surface area contributed by atoms with E-state index in [0.717, 1.165) is 6.42 Å². The highest BCUT2D eigenvalue weighted by molar-refractivity contribution is 9.10. The molecule has 1 unspecified atom stereocenters. The van der Waals surface area contributed by atoms with Gasteiger partial charge in [-0.2, -0.15) is 0 Å². The maximum Gasteiger partial charge on any atom is 0.338 e. The van der Waals surface area contributed by atoms with Crippen LogP contribution in [0.1, 0.15) is 22.8 Å². The van der Waals surface area contributed by atoms with Gasteiger partial charge in [0.05, 0.1) is 11.3 Å². The van der Waals surface area contributed by atoms with Gasteiger partial charge in [-0.05, 0) is 47.0 Å². The minimum absolute atomic E-state index is 0.143. The number of carboxylic acids is 1. The molecule has 0 aromatic heterocycles. The Kier molecular flexibility index (Phi) is 4.79. The van der Waals surface area contributed by atoms with E-state index < -0.39 is 5.97 Å². The zero-order valence-electron chi connectivity index (χ0n) is 11.1. The number of rotatable bonds is 5. The molecule has 0 aliphatic carbocycles. The predicted octanol–water partition coefficient (Wildman–Crippen LogP) is 4.19. The SMILES string of the molecule is CC(Cc1ccccc1)Nc1cccc(Br)c1C(=O)O. The normalized spacial score (nSPS) is 11.9. The first-order valence-electron chi connectivity index (χ1n) is 6.40. The molecule has 0 amide bonds. The molecule has 4 heteroatoms. The van der Waals surface area contributed by atoms with Gasteiger partial charge in [-0.1, -0.05) is 36.4 Å². The molecule has 0 spiro atoms. The van der Waals surface area contributed by atoms with Gasteiger partial charge in [0.15, 0.2) is 0 Å². The Bertz CT molecular complexity index is 599. The van der Waals surface area contributed by atoms with Crippen LogP contribution in [-0.4, -0.2) is 17.1 Å². The Morgan fingerprint density at radius 3 is 2.55 bits per heavy atom. The molecule has 20 heavy (non-hydrogen) atoms. The first-order chi connectivity index (χ1) is 9.58. The average molecular weight is 334 g/mol. The Hall–Kier alpha value is -1.81. The largest absolute Gasteiger partial charge is 0.478 e. The molecule has 2 N–H and O–H groups in total. The molecule has 2 aromatic carbocycles. The van der Waals surface area contributed by atoms with Crippen molar-refractivity contribution in [3.63, 3.8) is 0 Å². The predicted molar refractivity (Wildman–Crippen MR) is 84.3 cm³/mol. The summed E-state index contributed by atoms with van der Waals surface area (Å²) in [5, 5.41) is 12.5. The van der Waals surface area contributed by atoms with Crippen LogP contribution in [0.5, 0.6) is 0 Å². The number of nitrogens with one attached hydrogen (secondary N) is 1. The van der Waals surface area contributed by atoms with Crippen LogP contribution >= 0.6 is 15.9 Å². The molecule has 0 saturated heterocycles. The first kappa shape index (κ1) is 14.6. The lowest BCUT2D eigenvalue weighted by molar-refractivity contribution is 0.0697. The van der Waals surface area contributed by atoms with Crippen LogP contribution in [0.15, 0.2) is 53.0 Å². The Morgan fingerprint density at radius 2 is 1.90 bits per heavy atom. The average Bonchev–Trinajstić information content (AvgIpc) is 2.39. The number of hydrogen-bond acceptors (Lipinski definition) is 2. The topological polar surface area (TPSA) is 49.3 Å². The van der Waals surface area contributed by atoms with Crippen LogP contribution in [0.4, 0.5) is 5.69 Å². The summed E-state index contributed by atoms with van der Waals surface area (Å²) in [5.74, 6) is -0.938. The van der Waals surface area contributed by atoms with E-state index in [2.05, 4.69) is 33.4 Å². The van der Waals surface area contributed by atoms with Gasteiger partial charge in [-0.25, -0.2) is 4.79 Å². The lowest BCUT2D eigenvalue weighted by atomic mass is 10.1. The molecule has 2 aromatic rings. The zero-order valence-corrected chi connectivity index (χ0v) is 12.7. The Balaban J connectivity index is 2.14. The molecule has 104 valence electrons. The standard InChI is InChI=1S/C16H16BrNO2/c1-11(10-12-6-3-2-4-7-12)18-14-9-5-8-13(17)15(14)16(19)20/h2-9,11,18H,10H2,1H3,(H,19,20). The highest BCUT2D eigenvalue weighted by atomic mass is 79.9. The van der Waals surface area contributed by atoms with Crippen LogP contribution in [-0.2, 0) is 6.42 Å². The number of hydrogen-bond donors (Lipinski definition) is 2. The van der Waals surface area contributed by atoms with E-state index in [4.69, 9.17) is 0 Å². The molecular formula is C16H16BrNO2. The molecule has 1 atom stereocenters. The zero-order chi connectivity index (χ0) is 14.5. The van der Waals surface area contributed by atoms with Gasteiger partial charge < -0.3 is 10.4 Å². The van der Waals surface area contributed by atoms with Gasteiger partial charge in [-0.3, -0.25) is 0 Å². The number of aromatic carboxylic acids is 1. The summed E-state index contributed by atoms with van der Waals surface area (Å²) in [5.41, 5.74) is 2.13. The maximum absolute atomic E-state index is 11.3. The van der Waals surface area contributed by atoms with Gasteiger partial charge in [0.1, 0.15) is 0 Å². The van der Waals surface area contributed by atoms with Crippen molar-refractivity contribution in [2.45, 2.75) is 19.4 Å². The van der Waals surface area contributed by atoms with E-state index in [1.807, 2.05) is 31.2 Å². The molecule has 0 heterocycles. The third-order valence-electron chi connectivity index (χ3n) is 3.01. The van der Waals surface area contributed by atoms with Gasteiger partial charge in [0, 0.05) is 10.5 Å². The second-order valence-corrected chi connectivity index (χ2v) is 5.56. The van der Waals surface area contributed by atoms with Crippen molar-refractivity contribution in [1.82, 2.24) is 0 Å². The van der Waals surface area contributed by atoms with Crippen molar-refractivity contribution in [3.05, 3.63) is 64.1 Å². The Morgan fingerprint density at radius 1 is 1.20 bits per heavy atom. The van der Waals surface area contributed by atoms with Crippen molar-refractivity contribution in [2.24, 2.45) is 0 Å². The molecule has 3 nitrogen and oxygen atoms in total. The highest BCUT2D eigenvalue weighted by Crippen LogP contribution is 2.25. The van der Waals surface area contributed by atoms with Crippen LogP contribution in [0, 0.1) is 0 Å². The van der Waals surface area contributed by atoms with Crippen LogP contribution in [0.25, 0.3) is 0 Å². The van der Waals surface area contributed by atoms with Crippen molar-refractivity contribution >= 4 is 27.6 Å². The van der Waals surface area contributed by atoms with Crippen molar-refractivity contribution in [3.8, 4) is 0 Å². The summed E-state index contributed by atoms with van der Waals surface area (Å²) < 4.78 is 0.585. The number of anilines is 1. The van der Waals surface area contributed by atoms with E-state index >= 15 is 0 Å². The molecule has 2 rings (SSSR count). The van der Waals surface area contributed by atoms with E-state index in [1.165, 1.54) is 5.56 Å². The van der Waals surface area contributed by atoms with E-state index in [-0.39, 0.29) is 11.6 Å². The molecule has 0 bridgehead atoms. The van der Waals surface area contributed by atoms with Crippen LogP contribution in [0.2, 0.25) is 0 Å². The number of carboxylic acid groups (broad SMARTS) is 1. The number of halogens is 1. The van der Waals surface area contributed by atoms with E-state index in [9.17, 15) is 9.90 Å². The lowest BCUT2D eigenvalue weighted by Crippen LogP contribution is -2.20. The summed E-state index contributed by atoms with van der Waals surface area (Å²) in [6.07, 6.45) is 0.840. The van der Waals surface area contributed by atoms with E-state index in [0.29, 0.717) is 10.2 Å². The minimum atomic E-state index is -0.938. The second-order valence-electron chi connectivity index (χ2n) is 4.70. The fraction of sp³-hybridized carbons (Fsp3) is 0.188. The van der Waals surface area contributed by atoms with Gasteiger partial charge in [0.25, 0.3) is 0 Å². The first-order valence-corrected chi connectivity index (χ1v) is 7.19. The third-order valence-corrected chi connectivity index (χ3v) is 3.67. The molecular weight excluding hydrogens is 318 g/mol. The summed E-state index contributed by atoms with van der Waals surface area (Å²) >= 11 is 3.28. The molecule has 0 saturated carbocycles. The maximum atomic E-state index is 11.3. The fourth-order valence-corrected chi connectivity index (χ4v) is 2.68. The number of carbonyl (C=O) groups is 1. The third kappa shape index (κ3) is 3.61. The summed E-state index contributed by atoms with van der Waals surface area (Å²) in [7, 11) is 0. The summed E-state index contributed by atoms with van der Waals surface area (Å²) in [6.45, 7) is 2.04. The summed E-state index contributed by atoms with van der Waals surface area (Å²) in [4.78, 5) is 11.3. The van der Waals surface area contributed by atoms with E-state index in [1.54, 1.807) is 12.1 Å². The summed E-state index contributed by atoms with van der Waals surface area (Å²) in [6, 6.07) is 15.6. The highest BCUT2D eigenvalue weighted by Gasteiger charge is 2.15. The Labute approximate surface area is 126 Å². The lowest BCUT2D eigenvalue weighted by Gasteiger charge is -2.17. The van der Waals surface area contributed by atoms with Crippen molar-refractivity contribution in [1.29, 1.82) is 0 Å². The molecule has 0 aliphatic rings. The smallest absolute Gasteiger partial charge is 0.338 e. The molecule has 0 radical (unpaired) electrons. The van der Waals surface area contributed by atoms with Crippen LogP contribution < -0.4 is 5.32 Å². The van der Waals surface area contributed by atoms with Gasteiger partial charge in [-0.15, -0.1) is 0 Å². The van der Waals surface area contributed by atoms with Crippen molar-refractivity contribution in [2.75, 3.05) is 5.32 Å². The molecule has 0 aliphatic heterocycles. The monoisotopic (exact) mass is 333 g/mol. The van der Waals surface area contributed by atoms with Gasteiger partial charge in [0.2, 0.25) is 0 Å². The van der Waals surface area contributed by atoms with Gasteiger partial charge >= 0.3 is 5.97 Å². The van der Waals surface area contributed by atoms with Crippen LogP contribution in [0.3, 0.4) is 0 Å². The fourth-order valence-electron chi connectivity index (χ4n) is 2.15. The second kappa shape index (κ2) is 6.57. The quantitative estimate of drug-likeness (QED) is 0.862. The minimum Gasteiger partial charge on any atom is -0.478 e. The van der Waals surface area contributed by atoms with Crippen molar-refractivity contribution < 1.29 is 9.90 Å².